The summed E-state index contributed by atoms with van der Waals surface area (Å²) in [5, 5.41) is 9.80. The molecule has 0 bridgehead atoms. The van der Waals surface area contributed by atoms with Crippen LogP contribution in [0, 0.1) is 0 Å². The fourth-order valence-electron chi connectivity index (χ4n) is 1.72. The van der Waals surface area contributed by atoms with Gasteiger partial charge in [0.1, 0.15) is 5.82 Å². The third-order valence-corrected chi connectivity index (χ3v) is 2.58. The summed E-state index contributed by atoms with van der Waals surface area (Å²) >= 11 is 0. The van der Waals surface area contributed by atoms with Crippen molar-refractivity contribution in [3.63, 3.8) is 0 Å². The van der Waals surface area contributed by atoms with Gasteiger partial charge in [-0.2, -0.15) is 4.98 Å². The Morgan fingerprint density at radius 2 is 1.95 bits per heavy atom. The molecule has 3 rings (SSSR count). The minimum atomic E-state index is 0.226. The van der Waals surface area contributed by atoms with Crippen LogP contribution < -0.4 is 11.1 Å². The predicted molar refractivity (Wildman–Crippen MR) is 73.8 cm³/mol. The van der Waals surface area contributed by atoms with E-state index in [2.05, 4.69) is 25.5 Å². The fraction of sp³-hybridized carbons (Fsp3) is 0. The first kappa shape index (κ1) is 11.2. The van der Waals surface area contributed by atoms with Crippen LogP contribution in [0.2, 0.25) is 0 Å². The number of nitrogen functional groups attached to an aromatic ring is 1. The van der Waals surface area contributed by atoms with E-state index in [4.69, 9.17) is 5.73 Å². The SMILES string of the molecule is Nc1n[nH]c(-c2ccnc(Nc3ccccc3)c2)n1. The highest BCUT2D eigenvalue weighted by molar-refractivity contribution is 5.64. The highest BCUT2D eigenvalue weighted by atomic mass is 15.3. The quantitative estimate of drug-likeness (QED) is 0.664. The van der Waals surface area contributed by atoms with Crippen LogP contribution in [0.5, 0.6) is 0 Å². The van der Waals surface area contributed by atoms with Crippen molar-refractivity contribution in [3.8, 4) is 11.4 Å². The van der Waals surface area contributed by atoms with Gasteiger partial charge in [-0.05, 0) is 24.3 Å². The molecule has 0 fully saturated rings. The molecular weight excluding hydrogens is 240 g/mol. The highest BCUT2D eigenvalue weighted by Gasteiger charge is 2.05. The zero-order valence-electron chi connectivity index (χ0n) is 10.0. The number of nitrogens with zero attached hydrogens (tertiary/aromatic N) is 3. The van der Waals surface area contributed by atoms with E-state index in [0.29, 0.717) is 5.82 Å². The van der Waals surface area contributed by atoms with Crippen LogP contribution in [0.4, 0.5) is 17.5 Å². The van der Waals surface area contributed by atoms with Gasteiger partial charge in [0.25, 0.3) is 0 Å². The first-order valence-electron chi connectivity index (χ1n) is 5.77. The lowest BCUT2D eigenvalue weighted by Crippen LogP contribution is -1.93. The molecule has 19 heavy (non-hydrogen) atoms. The third kappa shape index (κ3) is 2.52. The van der Waals surface area contributed by atoms with E-state index < -0.39 is 0 Å². The molecule has 0 unspecified atom stereocenters. The Morgan fingerprint density at radius 3 is 2.68 bits per heavy atom. The third-order valence-electron chi connectivity index (χ3n) is 2.58. The van der Waals surface area contributed by atoms with Crippen LogP contribution in [-0.4, -0.2) is 20.2 Å². The van der Waals surface area contributed by atoms with Crippen LogP contribution >= 0.6 is 0 Å². The predicted octanol–water partition coefficient (Wildman–Crippen LogP) is 2.19. The summed E-state index contributed by atoms with van der Waals surface area (Å²) in [6.07, 6.45) is 1.71. The molecule has 0 amide bonds. The zero-order chi connectivity index (χ0) is 13.1. The number of hydrogen-bond acceptors (Lipinski definition) is 5. The van der Waals surface area contributed by atoms with E-state index in [9.17, 15) is 0 Å². The molecule has 94 valence electrons. The number of nitrogens with two attached hydrogens (primary N) is 1. The molecule has 6 nitrogen and oxygen atoms in total. The summed E-state index contributed by atoms with van der Waals surface area (Å²) in [4.78, 5) is 8.35. The Morgan fingerprint density at radius 1 is 1.11 bits per heavy atom. The van der Waals surface area contributed by atoms with Crippen molar-refractivity contribution in [3.05, 3.63) is 48.7 Å². The molecule has 0 spiro atoms. The van der Waals surface area contributed by atoms with Crippen molar-refractivity contribution in [1.82, 2.24) is 20.2 Å². The number of para-hydroxylation sites is 1. The number of nitrogens with one attached hydrogen (secondary N) is 2. The molecule has 6 heteroatoms. The lowest BCUT2D eigenvalue weighted by molar-refractivity contribution is 1.10. The minimum absolute atomic E-state index is 0.226. The van der Waals surface area contributed by atoms with Crippen LogP contribution in [0.1, 0.15) is 0 Å². The molecule has 0 atom stereocenters. The smallest absolute Gasteiger partial charge is 0.239 e. The number of pyridine rings is 1. The van der Waals surface area contributed by atoms with Gasteiger partial charge in [0.2, 0.25) is 5.95 Å². The van der Waals surface area contributed by atoms with E-state index in [-0.39, 0.29) is 5.95 Å². The Balaban J connectivity index is 1.88. The zero-order valence-corrected chi connectivity index (χ0v) is 10.0. The summed E-state index contributed by atoms with van der Waals surface area (Å²) < 4.78 is 0. The monoisotopic (exact) mass is 252 g/mol. The molecule has 1 aromatic carbocycles. The Kier molecular flexibility index (Phi) is 2.82. The molecule has 0 aliphatic rings. The minimum Gasteiger partial charge on any atom is -0.366 e. The maximum Gasteiger partial charge on any atom is 0.239 e. The van der Waals surface area contributed by atoms with Crippen molar-refractivity contribution in [1.29, 1.82) is 0 Å². The number of aromatic nitrogens is 4. The second-order valence-electron chi connectivity index (χ2n) is 3.96. The van der Waals surface area contributed by atoms with Gasteiger partial charge in [-0.3, -0.25) is 5.10 Å². The van der Waals surface area contributed by atoms with Gasteiger partial charge < -0.3 is 11.1 Å². The van der Waals surface area contributed by atoms with Crippen LogP contribution in [0.15, 0.2) is 48.7 Å². The van der Waals surface area contributed by atoms with Gasteiger partial charge >= 0.3 is 0 Å². The second kappa shape index (κ2) is 4.77. The Bertz CT molecular complexity index is 676. The normalized spacial score (nSPS) is 10.3. The van der Waals surface area contributed by atoms with Crippen molar-refractivity contribution >= 4 is 17.5 Å². The topological polar surface area (TPSA) is 92.5 Å². The molecule has 0 aliphatic heterocycles. The lowest BCUT2D eigenvalue weighted by Gasteiger charge is -2.05. The highest BCUT2D eigenvalue weighted by Crippen LogP contribution is 2.20. The summed E-state index contributed by atoms with van der Waals surface area (Å²) in [5.74, 6) is 1.58. The van der Waals surface area contributed by atoms with Gasteiger partial charge in [0, 0.05) is 17.4 Å². The number of anilines is 3. The van der Waals surface area contributed by atoms with Gasteiger partial charge in [0.15, 0.2) is 5.82 Å². The summed E-state index contributed by atoms with van der Waals surface area (Å²) in [7, 11) is 0. The largest absolute Gasteiger partial charge is 0.366 e. The molecule has 2 aromatic heterocycles. The first-order valence-corrected chi connectivity index (χ1v) is 5.77. The van der Waals surface area contributed by atoms with E-state index in [0.717, 1.165) is 17.1 Å². The average Bonchev–Trinajstić information content (AvgIpc) is 2.87. The Labute approximate surface area is 109 Å². The van der Waals surface area contributed by atoms with Crippen molar-refractivity contribution in [2.75, 3.05) is 11.1 Å². The van der Waals surface area contributed by atoms with E-state index in [1.165, 1.54) is 0 Å². The number of rotatable bonds is 3. The molecule has 0 aliphatic carbocycles. The first-order chi connectivity index (χ1) is 9.31. The molecule has 2 heterocycles. The van der Waals surface area contributed by atoms with Crippen molar-refractivity contribution in [2.45, 2.75) is 0 Å². The summed E-state index contributed by atoms with van der Waals surface area (Å²) in [6, 6.07) is 13.6. The van der Waals surface area contributed by atoms with Gasteiger partial charge in [0.05, 0.1) is 0 Å². The van der Waals surface area contributed by atoms with E-state index in [1.807, 2.05) is 42.5 Å². The van der Waals surface area contributed by atoms with Crippen LogP contribution in [0.25, 0.3) is 11.4 Å². The van der Waals surface area contributed by atoms with Crippen LogP contribution in [-0.2, 0) is 0 Å². The van der Waals surface area contributed by atoms with Crippen molar-refractivity contribution in [2.24, 2.45) is 0 Å². The number of H-pyrrole nitrogens is 1. The average molecular weight is 252 g/mol. The van der Waals surface area contributed by atoms with Crippen LogP contribution in [0.3, 0.4) is 0 Å². The standard InChI is InChI=1S/C13H12N6/c14-13-17-12(18-19-13)9-6-7-15-11(8-9)16-10-4-2-1-3-5-10/h1-8H,(H,15,16)(H3,14,17,18,19). The summed E-state index contributed by atoms with van der Waals surface area (Å²) in [5.41, 5.74) is 7.34. The molecule has 0 saturated carbocycles. The molecule has 0 saturated heterocycles. The molecular formula is C13H12N6. The molecule has 3 aromatic rings. The number of hydrogen-bond donors (Lipinski definition) is 3. The summed E-state index contributed by atoms with van der Waals surface area (Å²) in [6.45, 7) is 0. The Hall–Kier alpha value is -2.89. The molecule has 0 radical (unpaired) electrons. The molecule has 4 N–H and O–H groups in total. The fourth-order valence-corrected chi connectivity index (χ4v) is 1.72. The second-order valence-corrected chi connectivity index (χ2v) is 3.96. The van der Waals surface area contributed by atoms with Crippen molar-refractivity contribution < 1.29 is 0 Å². The van der Waals surface area contributed by atoms with Gasteiger partial charge in [-0.1, -0.05) is 18.2 Å². The number of benzene rings is 1. The maximum absolute atomic E-state index is 5.49. The van der Waals surface area contributed by atoms with E-state index >= 15 is 0 Å². The lowest BCUT2D eigenvalue weighted by atomic mass is 10.2. The van der Waals surface area contributed by atoms with Gasteiger partial charge in [-0.15, -0.1) is 5.10 Å². The number of aromatic amines is 1. The van der Waals surface area contributed by atoms with E-state index in [1.54, 1.807) is 6.20 Å². The maximum atomic E-state index is 5.49. The van der Waals surface area contributed by atoms with Gasteiger partial charge in [-0.25, -0.2) is 4.98 Å².